The van der Waals surface area contributed by atoms with Crippen LogP contribution in [0.15, 0.2) is 54.1 Å². The third-order valence-electron chi connectivity index (χ3n) is 6.20. The molecule has 0 saturated carbocycles. The van der Waals surface area contributed by atoms with Crippen molar-refractivity contribution in [2.24, 2.45) is 0 Å². The van der Waals surface area contributed by atoms with Crippen LogP contribution in [0.1, 0.15) is 51.3 Å². The molecule has 2 aromatic rings. The number of ketones is 1. The lowest BCUT2D eigenvalue weighted by molar-refractivity contribution is -0.140. The van der Waals surface area contributed by atoms with Crippen LogP contribution in [0.2, 0.25) is 0 Å². The highest BCUT2D eigenvalue weighted by molar-refractivity contribution is 6.46. The van der Waals surface area contributed by atoms with Gasteiger partial charge in [-0.15, -0.1) is 0 Å². The predicted molar refractivity (Wildman–Crippen MR) is 137 cm³/mol. The first-order valence-electron chi connectivity index (χ1n) is 12.4. The second-order valence-electron chi connectivity index (χ2n) is 8.39. The monoisotopic (exact) mass is 480 g/mol. The lowest BCUT2D eigenvalue weighted by Crippen LogP contribution is -2.38. The van der Waals surface area contributed by atoms with Gasteiger partial charge in [0.1, 0.15) is 17.3 Å². The largest absolute Gasteiger partial charge is 0.507 e. The molecule has 1 amide bonds. The predicted octanol–water partition coefficient (Wildman–Crippen LogP) is 4.64. The molecule has 0 spiro atoms. The van der Waals surface area contributed by atoms with Gasteiger partial charge in [-0.05, 0) is 68.4 Å². The number of Topliss-reactive ketones (excluding diaryl/α,β-unsaturated/α-hetero) is 1. The van der Waals surface area contributed by atoms with E-state index in [2.05, 4.69) is 18.7 Å². The van der Waals surface area contributed by atoms with Gasteiger partial charge in [0.15, 0.2) is 0 Å². The first kappa shape index (κ1) is 26.3. The maximum atomic E-state index is 13.2. The number of ether oxygens (including phenoxy) is 2. The number of rotatable bonds is 12. The summed E-state index contributed by atoms with van der Waals surface area (Å²) in [6.45, 7) is 11.9. The smallest absolute Gasteiger partial charge is 0.295 e. The summed E-state index contributed by atoms with van der Waals surface area (Å²) in [7, 11) is 0. The Balaban J connectivity index is 2.03. The molecule has 0 aromatic heterocycles. The van der Waals surface area contributed by atoms with Crippen molar-refractivity contribution < 1.29 is 24.2 Å². The fraction of sp³-hybridized carbons (Fsp3) is 0.429. The van der Waals surface area contributed by atoms with Gasteiger partial charge in [0.2, 0.25) is 0 Å². The van der Waals surface area contributed by atoms with Crippen molar-refractivity contribution >= 4 is 17.4 Å². The zero-order valence-electron chi connectivity index (χ0n) is 21.1. The number of benzene rings is 2. The van der Waals surface area contributed by atoms with E-state index in [0.717, 1.165) is 30.8 Å². The topological polar surface area (TPSA) is 79.3 Å². The molecule has 1 aliphatic rings. The SMILES string of the molecule is CCCOc1ccc([C@@H]2/C(=C(\O)c3ccc(OCC)cc3)C(=O)C(=O)N2CCN(CC)CC)cc1. The number of likely N-dealkylation sites (tertiary alicyclic amines) is 1. The number of carbonyl (C=O) groups is 2. The van der Waals surface area contributed by atoms with Crippen LogP contribution in [0.4, 0.5) is 0 Å². The van der Waals surface area contributed by atoms with Crippen LogP contribution in [-0.4, -0.2) is 66.0 Å². The molecule has 7 heteroatoms. The summed E-state index contributed by atoms with van der Waals surface area (Å²) in [5, 5.41) is 11.2. The van der Waals surface area contributed by atoms with Crippen molar-refractivity contribution in [3.8, 4) is 11.5 Å². The normalized spacial score (nSPS) is 17.3. The van der Waals surface area contributed by atoms with Crippen molar-refractivity contribution in [2.45, 2.75) is 40.2 Å². The average molecular weight is 481 g/mol. The van der Waals surface area contributed by atoms with Crippen LogP contribution < -0.4 is 9.47 Å². The summed E-state index contributed by atoms with van der Waals surface area (Å²) < 4.78 is 11.2. The highest BCUT2D eigenvalue weighted by Gasteiger charge is 2.46. The number of aliphatic hydroxyl groups is 1. The molecule has 1 fully saturated rings. The van der Waals surface area contributed by atoms with E-state index < -0.39 is 17.7 Å². The van der Waals surface area contributed by atoms with Crippen molar-refractivity contribution in [3.63, 3.8) is 0 Å². The summed E-state index contributed by atoms with van der Waals surface area (Å²) in [4.78, 5) is 30.1. The Morgan fingerprint density at radius 1 is 0.914 bits per heavy atom. The van der Waals surface area contributed by atoms with E-state index in [1.165, 1.54) is 0 Å². The minimum Gasteiger partial charge on any atom is -0.507 e. The third-order valence-corrected chi connectivity index (χ3v) is 6.20. The quantitative estimate of drug-likeness (QED) is 0.271. The molecule has 3 rings (SSSR count). The molecule has 1 heterocycles. The molecule has 0 aliphatic carbocycles. The van der Waals surface area contributed by atoms with Gasteiger partial charge < -0.3 is 24.4 Å². The summed E-state index contributed by atoms with van der Waals surface area (Å²) >= 11 is 0. The molecule has 1 atom stereocenters. The van der Waals surface area contributed by atoms with Crippen LogP contribution >= 0.6 is 0 Å². The molecule has 35 heavy (non-hydrogen) atoms. The molecule has 188 valence electrons. The highest BCUT2D eigenvalue weighted by atomic mass is 16.5. The minimum atomic E-state index is -0.683. The van der Waals surface area contributed by atoms with Gasteiger partial charge >= 0.3 is 0 Å². The van der Waals surface area contributed by atoms with Crippen molar-refractivity contribution in [3.05, 3.63) is 65.2 Å². The summed E-state index contributed by atoms with van der Waals surface area (Å²) in [6.07, 6.45) is 0.898. The zero-order valence-corrected chi connectivity index (χ0v) is 21.1. The summed E-state index contributed by atoms with van der Waals surface area (Å²) in [5.74, 6) is -0.0635. The Bertz CT molecular complexity index is 1030. The van der Waals surface area contributed by atoms with Gasteiger partial charge in [0.05, 0.1) is 24.8 Å². The van der Waals surface area contributed by atoms with Gasteiger partial charge in [0.25, 0.3) is 11.7 Å². The molecule has 0 unspecified atom stereocenters. The van der Waals surface area contributed by atoms with E-state index in [1.54, 1.807) is 29.2 Å². The maximum Gasteiger partial charge on any atom is 0.295 e. The zero-order chi connectivity index (χ0) is 25.4. The van der Waals surface area contributed by atoms with E-state index >= 15 is 0 Å². The van der Waals surface area contributed by atoms with Gasteiger partial charge in [-0.25, -0.2) is 0 Å². The fourth-order valence-electron chi connectivity index (χ4n) is 4.24. The van der Waals surface area contributed by atoms with E-state index in [4.69, 9.17) is 9.47 Å². The summed E-state index contributed by atoms with van der Waals surface area (Å²) in [5.41, 5.74) is 1.31. The Morgan fingerprint density at radius 3 is 2.09 bits per heavy atom. The molecular weight excluding hydrogens is 444 g/mol. The maximum absolute atomic E-state index is 13.2. The third kappa shape index (κ3) is 6.03. The first-order valence-corrected chi connectivity index (χ1v) is 12.4. The van der Waals surface area contributed by atoms with Crippen LogP contribution in [0, 0.1) is 0 Å². The molecule has 2 aromatic carbocycles. The second-order valence-corrected chi connectivity index (χ2v) is 8.39. The summed E-state index contributed by atoms with van der Waals surface area (Å²) in [6, 6.07) is 13.6. The highest BCUT2D eigenvalue weighted by Crippen LogP contribution is 2.39. The Hall–Kier alpha value is -3.32. The molecule has 1 saturated heterocycles. The van der Waals surface area contributed by atoms with Gasteiger partial charge in [-0.3, -0.25) is 9.59 Å². The number of hydrogen-bond acceptors (Lipinski definition) is 6. The molecule has 0 bridgehead atoms. The Labute approximate surface area is 207 Å². The number of aliphatic hydroxyl groups excluding tert-OH is 1. The Morgan fingerprint density at radius 2 is 1.51 bits per heavy atom. The van der Waals surface area contributed by atoms with E-state index in [-0.39, 0.29) is 11.3 Å². The number of amides is 1. The van der Waals surface area contributed by atoms with Crippen molar-refractivity contribution in [1.82, 2.24) is 9.80 Å². The number of likely N-dealkylation sites (N-methyl/N-ethyl adjacent to an activating group) is 1. The van der Waals surface area contributed by atoms with Crippen molar-refractivity contribution in [1.29, 1.82) is 0 Å². The molecule has 0 radical (unpaired) electrons. The van der Waals surface area contributed by atoms with Crippen LogP contribution in [0.3, 0.4) is 0 Å². The van der Waals surface area contributed by atoms with Crippen molar-refractivity contribution in [2.75, 3.05) is 39.4 Å². The minimum absolute atomic E-state index is 0.0981. The first-order chi connectivity index (χ1) is 16.9. The van der Waals surface area contributed by atoms with Gasteiger partial charge in [-0.2, -0.15) is 0 Å². The lowest BCUT2D eigenvalue weighted by atomic mass is 9.95. The molecule has 7 nitrogen and oxygen atoms in total. The molecule has 1 N–H and O–H groups in total. The van der Waals surface area contributed by atoms with Crippen LogP contribution in [0.25, 0.3) is 5.76 Å². The van der Waals surface area contributed by atoms with Crippen LogP contribution in [-0.2, 0) is 9.59 Å². The van der Waals surface area contributed by atoms with E-state index in [0.29, 0.717) is 37.6 Å². The number of carbonyl (C=O) groups excluding carboxylic acids is 2. The van der Waals surface area contributed by atoms with Gasteiger partial charge in [0, 0.05) is 18.7 Å². The fourth-order valence-corrected chi connectivity index (χ4v) is 4.24. The lowest BCUT2D eigenvalue weighted by Gasteiger charge is -2.28. The second kappa shape index (κ2) is 12.4. The standard InChI is InChI=1S/C28H36N2O5/c1-5-19-35-23-13-9-20(10-14-23)25-24(26(31)21-11-15-22(16-12-21)34-8-4)27(32)28(33)30(25)18-17-29(6-2)7-3/h9-16,25,31H,5-8,17-19H2,1-4H3/b26-24+/t25-/m1/s1. The van der Waals surface area contributed by atoms with Crippen LogP contribution in [0.5, 0.6) is 11.5 Å². The van der Waals surface area contributed by atoms with Gasteiger partial charge in [-0.1, -0.05) is 32.9 Å². The number of nitrogens with zero attached hydrogens (tertiary/aromatic N) is 2. The van der Waals surface area contributed by atoms with E-state index in [9.17, 15) is 14.7 Å². The number of hydrogen-bond donors (Lipinski definition) is 1. The van der Waals surface area contributed by atoms with E-state index in [1.807, 2.05) is 38.1 Å². The molecular formula is C28H36N2O5. The average Bonchev–Trinajstić information content (AvgIpc) is 3.13. The Kier molecular flexibility index (Phi) is 9.32. The molecule has 1 aliphatic heterocycles.